The van der Waals surface area contributed by atoms with Gasteiger partial charge in [0.25, 0.3) is 0 Å². The van der Waals surface area contributed by atoms with Crippen LogP contribution in [-0.2, 0) is 19.1 Å². The van der Waals surface area contributed by atoms with Crippen molar-refractivity contribution in [3.8, 4) is 12.1 Å². The summed E-state index contributed by atoms with van der Waals surface area (Å²) in [6.45, 7) is 1.84. The maximum absolute atomic E-state index is 12.1. The van der Waals surface area contributed by atoms with Gasteiger partial charge in [-0.05, 0) is 38.0 Å². The minimum Gasteiger partial charge on any atom is -0.465 e. The first-order valence-corrected chi connectivity index (χ1v) is 8.84. The van der Waals surface area contributed by atoms with Gasteiger partial charge in [0, 0.05) is 10.8 Å². The Morgan fingerprint density at radius 3 is 2.46 bits per heavy atom. The van der Waals surface area contributed by atoms with Crippen LogP contribution in [0.3, 0.4) is 0 Å². The summed E-state index contributed by atoms with van der Waals surface area (Å²) < 4.78 is 9.65. The average Bonchev–Trinajstić information content (AvgIpc) is 2.60. The Hall–Kier alpha value is -2.25. The van der Waals surface area contributed by atoms with Gasteiger partial charge in [0.2, 0.25) is 0 Å². The smallest absolute Gasteiger partial charge is 0.349 e. The molecule has 0 aromatic heterocycles. The molecule has 1 atom stereocenters. The minimum absolute atomic E-state index is 0.0325. The third-order valence-corrected chi connectivity index (χ3v) is 4.73. The second kappa shape index (κ2) is 9.79. The fourth-order valence-corrected chi connectivity index (χ4v) is 3.65. The highest BCUT2D eigenvalue weighted by Crippen LogP contribution is 2.41. The molecule has 1 aliphatic rings. The van der Waals surface area contributed by atoms with E-state index in [0.29, 0.717) is 23.3 Å². The van der Waals surface area contributed by atoms with Crippen molar-refractivity contribution in [3.05, 3.63) is 21.6 Å². The van der Waals surface area contributed by atoms with Crippen LogP contribution in [0.2, 0.25) is 0 Å². The van der Waals surface area contributed by atoms with Crippen molar-refractivity contribution >= 4 is 23.7 Å². The number of carbonyl (C=O) groups is 2. The summed E-state index contributed by atoms with van der Waals surface area (Å²) >= 11 is 1.27. The van der Waals surface area contributed by atoms with Crippen LogP contribution in [0.15, 0.2) is 21.6 Å². The molecule has 0 radical (unpaired) electrons. The molecule has 7 heteroatoms. The molecule has 1 fully saturated rings. The summed E-state index contributed by atoms with van der Waals surface area (Å²) in [7, 11) is 1.22. The van der Waals surface area contributed by atoms with Gasteiger partial charge in [-0.25, -0.2) is 9.59 Å². The number of nitrogens with zero attached hydrogens (tertiary/aromatic N) is 2. The Balaban J connectivity index is 3.48. The zero-order valence-electron chi connectivity index (χ0n) is 14.0. The lowest BCUT2D eigenvalue weighted by atomic mass is 9.80. The number of hydrogen-bond donors (Lipinski definition) is 0. The molecule has 1 aliphatic carbocycles. The Morgan fingerprint density at radius 2 is 1.96 bits per heavy atom. The van der Waals surface area contributed by atoms with E-state index in [0.717, 1.165) is 12.8 Å². The van der Waals surface area contributed by atoms with Gasteiger partial charge in [-0.2, -0.15) is 10.5 Å². The molecule has 0 unspecified atom stereocenters. The molecule has 1 saturated carbocycles. The van der Waals surface area contributed by atoms with Crippen molar-refractivity contribution in [2.45, 2.75) is 32.6 Å². The highest BCUT2D eigenvalue weighted by atomic mass is 32.2. The number of carbonyl (C=O) groups excluding carboxylic acids is 2. The van der Waals surface area contributed by atoms with E-state index >= 15 is 0 Å². The average molecular weight is 348 g/mol. The fraction of sp³-hybridized carbons (Fsp3) is 0.529. The van der Waals surface area contributed by atoms with Crippen LogP contribution in [0.1, 0.15) is 32.6 Å². The van der Waals surface area contributed by atoms with Gasteiger partial charge in [0.05, 0.1) is 13.7 Å². The number of thioether (sulfide) groups is 1. The maximum atomic E-state index is 12.1. The SMILES string of the molecule is CCOC(=O)/C(C#N)=C(/SC)[C@@H]1CCCC/C1=C(/C#N)C(=O)OC. The van der Waals surface area contributed by atoms with Crippen LogP contribution < -0.4 is 0 Å². The van der Waals surface area contributed by atoms with Gasteiger partial charge >= 0.3 is 11.9 Å². The number of esters is 2. The summed E-state index contributed by atoms with van der Waals surface area (Å²) in [6, 6.07) is 3.84. The van der Waals surface area contributed by atoms with E-state index in [9.17, 15) is 20.1 Å². The van der Waals surface area contributed by atoms with Gasteiger partial charge in [-0.1, -0.05) is 6.42 Å². The van der Waals surface area contributed by atoms with Gasteiger partial charge in [-0.15, -0.1) is 11.8 Å². The molecule has 128 valence electrons. The number of hydrogen-bond acceptors (Lipinski definition) is 7. The number of rotatable bonds is 5. The van der Waals surface area contributed by atoms with E-state index in [2.05, 4.69) is 0 Å². The zero-order valence-corrected chi connectivity index (χ0v) is 14.9. The quantitative estimate of drug-likeness (QED) is 0.428. The van der Waals surface area contributed by atoms with Crippen LogP contribution in [0, 0.1) is 28.6 Å². The van der Waals surface area contributed by atoms with E-state index < -0.39 is 11.9 Å². The predicted octanol–water partition coefficient (Wildman–Crippen LogP) is 2.87. The molecule has 6 nitrogen and oxygen atoms in total. The van der Waals surface area contributed by atoms with Crippen LogP contribution >= 0.6 is 11.8 Å². The maximum Gasteiger partial charge on any atom is 0.349 e. The molecule has 24 heavy (non-hydrogen) atoms. The first kappa shape index (κ1) is 19.8. The normalized spacial score (nSPS) is 20.1. The lowest BCUT2D eigenvalue weighted by molar-refractivity contribution is -0.138. The topological polar surface area (TPSA) is 100 Å². The van der Waals surface area contributed by atoms with Crippen LogP contribution in [0.5, 0.6) is 0 Å². The summed E-state index contributed by atoms with van der Waals surface area (Å²) in [5, 5.41) is 18.8. The molecule has 0 heterocycles. The van der Waals surface area contributed by atoms with Gasteiger partial charge < -0.3 is 9.47 Å². The van der Waals surface area contributed by atoms with Crippen molar-refractivity contribution < 1.29 is 19.1 Å². The predicted molar refractivity (Wildman–Crippen MR) is 89.4 cm³/mol. The first-order chi connectivity index (χ1) is 11.5. The third kappa shape index (κ3) is 4.39. The molecule has 1 rings (SSSR count). The van der Waals surface area contributed by atoms with Crippen molar-refractivity contribution in [2.75, 3.05) is 20.0 Å². The molecule has 0 aromatic rings. The van der Waals surface area contributed by atoms with Crippen molar-refractivity contribution in [2.24, 2.45) is 5.92 Å². The van der Waals surface area contributed by atoms with Crippen LogP contribution in [0.4, 0.5) is 0 Å². The van der Waals surface area contributed by atoms with Crippen LogP contribution in [0.25, 0.3) is 0 Å². The minimum atomic E-state index is -0.686. The van der Waals surface area contributed by atoms with E-state index in [1.165, 1.54) is 18.9 Å². The Labute approximate surface area is 146 Å². The second-order valence-corrected chi connectivity index (χ2v) is 5.93. The first-order valence-electron chi connectivity index (χ1n) is 7.62. The molecule has 0 spiro atoms. The molecule has 0 amide bonds. The molecule has 0 aliphatic heterocycles. The lowest BCUT2D eigenvalue weighted by Gasteiger charge is -2.28. The fourth-order valence-electron chi connectivity index (χ4n) is 2.77. The summed E-state index contributed by atoms with van der Waals surface area (Å²) in [5.41, 5.74) is 0.544. The Kier molecular flexibility index (Phi) is 8.08. The van der Waals surface area contributed by atoms with Crippen molar-refractivity contribution in [3.63, 3.8) is 0 Å². The highest BCUT2D eigenvalue weighted by Gasteiger charge is 2.32. The van der Waals surface area contributed by atoms with Gasteiger partial charge in [0.1, 0.15) is 23.3 Å². The van der Waals surface area contributed by atoms with E-state index in [1.807, 2.05) is 12.1 Å². The Bertz CT molecular complexity index is 652. The van der Waals surface area contributed by atoms with E-state index in [-0.39, 0.29) is 23.7 Å². The Morgan fingerprint density at radius 1 is 1.25 bits per heavy atom. The lowest BCUT2D eigenvalue weighted by Crippen LogP contribution is -2.20. The molecule has 0 bridgehead atoms. The highest BCUT2D eigenvalue weighted by molar-refractivity contribution is 8.02. The number of allylic oxidation sites excluding steroid dienone is 2. The molecule has 0 aromatic carbocycles. The summed E-state index contributed by atoms with van der Waals surface area (Å²) in [4.78, 5) is 24.5. The summed E-state index contributed by atoms with van der Waals surface area (Å²) in [5.74, 6) is -1.68. The van der Waals surface area contributed by atoms with E-state index in [4.69, 9.17) is 9.47 Å². The monoisotopic (exact) mass is 348 g/mol. The molecular weight excluding hydrogens is 328 g/mol. The standard InChI is InChI=1S/C17H20N2O4S/c1-4-23-17(21)14(10-19)15(24-3)12-8-6-5-7-11(12)13(9-18)16(20)22-2/h12H,4-8H2,1-3H3/b13-11+,15-14+/t12-/m1/s1. The zero-order chi connectivity index (χ0) is 18.1. The number of nitriles is 2. The number of methoxy groups -OCH3 is 1. The molecule has 0 N–H and O–H groups in total. The van der Waals surface area contributed by atoms with Gasteiger partial charge in [-0.3, -0.25) is 0 Å². The largest absolute Gasteiger partial charge is 0.465 e. The summed E-state index contributed by atoms with van der Waals surface area (Å²) in [6.07, 6.45) is 4.73. The van der Waals surface area contributed by atoms with Crippen molar-refractivity contribution in [1.29, 1.82) is 10.5 Å². The van der Waals surface area contributed by atoms with E-state index in [1.54, 1.807) is 13.2 Å². The number of ether oxygens (including phenoxy) is 2. The molecule has 0 saturated heterocycles. The second-order valence-electron chi connectivity index (χ2n) is 5.08. The molecular formula is C17H20N2O4S. The van der Waals surface area contributed by atoms with Crippen LogP contribution in [-0.4, -0.2) is 31.9 Å². The van der Waals surface area contributed by atoms with Gasteiger partial charge in [0.15, 0.2) is 0 Å². The third-order valence-electron chi connectivity index (χ3n) is 3.81. The van der Waals surface area contributed by atoms with Crippen molar-refractivity contribution in [1.82, 2.24) is 0 Å².